The van der Waals surface area contributed by atoms with E-state index in [1.165, 1.54) is 24.3 Å². The van der Waals surface area contributed by atoms with Crippen LogP contribution in [-0.2, 0) is 14.8 Å². The van der Waals surface area contributed by atoms with Crippen LogP contribution in [0.3, 0.4) is 0 Å². The summed E-state index contributed by atoms with van der Waals surface area (Å²) in [5.74, 6) is -1.43. The highest BCUT2D eigenvalue weighted by molar-refractivity contribution is 7.90. The molecule has 0 bridgehead atoms. The fraction of sp³-hybridized carbons (Fsp3) is 0.188. The van der Waals surface area contributed by atoms with Crippen molar-refractivity contribution < 1.29 is 22.7 Å². The molecule has 1 N–H and O–H groups in total. The van der Waals surface area contributed by atoms with Crippen molar-refractivity contribution in [3.05, 3.63) is 59.9 Å². The minimum Gasteiger partial charge on any atom is -0.461 e. The minimum absolute atomic E-state index is 0.0153. The molecule has 1 aromatic heterocycles. The molecule has 0 fully saturated rings. The molecule has 1 amide bonds. The number of carbonyl (C=O) groups is 2. The molecule has 2 rings (SSSR count). The van der Waals surface area contributed by atoms with Crippen LogP contribution in [-0.4, -0.2) is 31.9 Å². The molecule has 0 saturated carbocycles. The Labute approximate surface area is 139 Å². The summed E-state index contributed by atoms with van der Waals surface area (Å²) in [5, 5.41) is 0. The van der Waals surface area contributed by atoms with Gasteiger partial charge in [0.1, 0.15) is 5.69 Å². The van der Waals surface area contributed by atoms with Crippen LogP contribution in [0.25, 0.3) is 0 Å². The number of hydrogen-bond acceptors (Lipinski definition) is 6. The molecule has 24 heavy (non-hydrogen) atoms. The predicted octanol–water partition coefficient (Wildman–Crippen LogP) is 1.77. The number of carbonyl (C=O) groups excluding carboxylic acids is 2. The summed E-state index contributed by atoms with van der Waals surface area (Å²) < 4.78 is 31.0. The second kappa shape index (κ2) is 7.69. The maximum Gasteiger partial charge on any atom is 0.356 e. The molecule has 0 radical (unpaired) electrons. The normalized spacial score (nSPS) is 10.9. The standard InChI is InChI=1S/C16H16N2O5S/c1-2-10-23-16(20)14-9-8-12(11-17-14)15(19)18-24(21,22)13-6-4-3-5-7-13/h3-9,11H,2,10H2,1H3,(H,18,19). The van der Waals surface area contributed by atoms with Crippen LogP contribution in [0.2, 0.25) is 0 Å². The van der Waals surface area contributed by atoms with Gasteiger partial charge < -0.3 is 4.74 Å². The number of benzene rings is 1. The molecule has 0 aliphatic carbocycles. The first-order valence-electron chi connectivity index (χ1n) is 7.19. The predicted molar refractivity (Wildman–Crippen MR) is 85.9 cm³/mol. The molecule has 0 atom stereocenters. The lowest BCUT2D eigenvalue weighted by Crippen LogP contribution is -2.30. The highest BCUT2D eigenvalue weighted by Crippen LogP contribution is 2.09. The second-order valence-corrected chi connectivity index (χ2v) is 6.50. The molecule has 1 heterocycles. The van der Waals surface area contributed by atoms with Gasteiger partial charge in [0.05, 0.1) is 17.1 Å². The molecule has 126 valence electrons. The topological polar surface area (TPSA) is 102 Å². The first-order valence-corrected chi connectivity index (χ1v) is 8.67. The van der Waals surface area contributed by atoms with E-state index in [-0.39, 0.29) is 22.8 Å². The van der Waals surface area contributed by atoms with Gasteiger partial charge in [0.25, 0.3) is 15.9 Å². The maximum atomic E-state index is 12.1. The SMILES string of the molecule is CCCOC(=O)c1ccc(C(=O)NS(=O)(=O)c2ccccc2)cn1. The molecule has 8 heteroatoms. The van der Waals surface area contributed by atoms with E-state index in [0.29, 0.717) is 6.42 Å². The number of ether oxygens (including phenoxy) is 1. The molecule has 0 spiro atoms. The Morgan fingerprint density at radius 2 is 1.83 bits per heavy atom. The number of nitrogens with zero attached hydrogens (tertiary/aromatic N) is 1. The lowest BCUT2D eigenvalue weighted by Gasteiger charge is -2.07. The Bertz CT molecular complexity index is 817. The largest absolute Gasteiger partial charge is 0.461 e. The van der Waals surface area contributed by atoms with Crippen LogP contribution in [0.5, 0.6) is 0 Å². The Morgan fingerprint density at radius 3 is 2.42 bits per heavy atom. The number of rotatable bonds is 6. The Kier molecular flexibility index (Phi) is 5.64. The number of aromatic nitrogens is 1. The van der Waals surface area contributed by atoms with Gasteiger partial charge in [0.2, 0.25) is 0 Å². The van der Waals surface area contributed by atoms with Crippen molar-refractivity contribution in [3.8, 4) is 0 Å². The smallest absolute Gasteiger partial charge is 0.356 e. The summed E-state index contributed by atoms with van der Waals surface area (Å²) >= 11 is 0. The zero-order chi connectivity index (χ0) is 17.6. The Hall–Kier alpha value is -2.74. The van der Waals surface area contributed by atoms with Gasteiger partial charge in [-0.15, -0.1) is 0 Å². The van der Waals surface area contributed by atoms with E-state index in [0.717, 1.165) is 6.20 Å². The third-order valence-corrected chi connectivity index (χ3v) is 4.30. The van der Waals surface area contributed by atoms with E-state index in [1.54, 1.807) is 18.2 Å². The van der Waals surface area contributed by atoms with E-state index < -0.39 is 21.9 Å². The average molecular weight is 348 g/mol. The van der Waals surface area contributed by atoms with Crippen molar-refractivity contribution in [2.45, 2.75) is 18.2 Å². The van der Waals surface area contributed by atoms with Crippen molar-refractivity contribution in [2.24, 2.45) is 0 Å². The zero-order valence-corrected chi connectivity index (χ0v) is 13.7. The summed E-state index contributed by atoms with van der Waals surface area (Å²) in [6.45, 7) is 2.14. The number of pyridine rings is 1. The van der Waals surface area contributed by atoms with Gasteiger partial charge in [-0.1, -0.05) is 25.1 Å². The van der Waals surface area contributed by atoms with Crippen molar-refractivity contribution in [3.63, 3.8) is 0 Å². The summed E-state index contributed by atoms with van der Waals surface area (Å²) in [4.78, 5) is 27.5. The second-order valence-electron chi connectivity index (χ2n) is 4.82. The molecule has 0 unspecified atom stereocenters. The van der Waals surface area contributed by atoms with Crippen molar-refractivity contribution in [2.75, 3.05) is 6.61 Å². The van der Waals surface area contributed by atoms with E-state index in [9.17, 15) is 18.0 Å². The molecule has 0 saturated heterocycles. The maximum absolute atomic E-state index is 12.1. The van der Waals surface area contributed by atoms with Gasteiger partial charge >= 0.3 is 5.97 Å². The third-order valence-electron chi connectivity index (χ3n) is 2.95. The van der Waals surface area contributed by atoms with Gasteiger partial charge in [-0.2, -0.15) is 0 Å². The van der Waals surface area contributed by atoms with Crippen LogP contribution in [0.4, 0.5) is 0 Å². The third kappa shape index (κ3) is 4.39. The monoisotopic (exact) mass is 348 g/mol. The molecular weight excluding hydrogens is 332 g/mol. The zero-order valence-electron chi connectivity index (χ0n) is 12.9. The molecule has 0 aliphatic heterocycles. The fourth-order valence-electron chi connectivity index (χ4n) is 1.76. The first kappa shape index (κ1) is 17.6. The van der Waals surface area contributed by atoms with Gasteiger partial charge in [-0.3, -0.25) is 4.79 Å². The Balaban J connectivity index is 2.09. The molecule has 1 aromatic carbocycles. The van der Waals surface area contributed by atoms with Crippen LogP contribution >= 0.6 is 0 Å². The minimum atomic E-state index is -3.97. The number of sulfonamides is 1. The van der Waals surface area contributed by atoms with Crippen LogP contribution in [0.15, 0.2) is 53.6 Å². The van der Waals surface area contributed by atoms with Gasteiger partial charge in [0, 0.05) is 6.20 Å². The van der Waals surface area contributed by atoms with Crippen molar-refractivity contribution >= 4 is 21.9 Å². The van der Waals surface area contributed by atoms with Crippen molar-refractivity contribution in [1.82, 2.24) is 9.71 Å². The first-order chi connectivity index (χ1) is 11.4. The number of esters is 1. The van der Waals surface area contributed by atoms with Gasteiger partial charge in [-0.25, -0.2) is 22.9 Å². The fourth-order valence-corrected chi connectivity index (χ4v) is 2.75. The molecule has 2 aromatic rings. The summed E-state index contributed by atoms with van der Waals surface area (Å²) in [6.07, 6.45) is 1.81. The van der Waals surface area contributed by atoms with Gasteiger partial charge in [0.15, 0.2) is 0 Å². The quantitative estimate of drug-likeness (QED) is 0.798. The van der Waals surface area contributed by atoms with E-state index in [4.69, 9.17) is 4.74 Å². The summed E-state index contributed by atoms with van der Waals surface area (Å²) in [7, 11) is -3.97. The number of nitrogens with one attached hydrogen (secondary N) is 1. The summed E-state index contributed by atoms with van der Waals surface area (Å²) in [5.41, 5.74) is 0.0625. The van der Waals surface area contributed by atoms with E-state index in [1.807, 2.05) is 11.6 Å². The van der Waals surface area contributed by atoms with E-state index in [2.05, 4.69) is 4.98 Å². The lowest BCUT2D eigenvalue weighted by atomic mass is 10.2. The highest BCUT2D eigenvalue weighted by atomic mass is 32.2. The highest BCUT2D eigenvalue weighted by Gasteiger charge is 2.19. The Morgan fingerprint density at radius 1 is 1.12 bits per heavy atom. The number of hydrogen-bond donors (Lipinski definition) is 1. The number of amides is 1. The molecular formula is C16H16N2O5S. The van der Waals surface area contributed by atoms with E-state index >= 15 is 0 Å². The van der Waals surface area contributed by atoms with Gasteiger partial charge in [-0.05, 0) is 30.7 Å². The van der Waals surface area contributed by atoms with Crippen LogP contribution in [0, 0.1) is 0 Å². The van der Waals surface area contributed by atoms with Crippen LogP contribution < -0.4 is 4.72 Å². The average Bonchev–Trinajstić information content (AvgIpc) is 2.60. The molecule has 0 aliphatic rings. The lowest BCUT2D eigenvalue weighted by molar-refractivity contribution is 0.0498. The summed E-state index contributed by atoms with van der Waals surface area (Å²) in [6, 6.07) is 10.1. The molecule has 7 nitrogen and oxygen atoms in total. The van der Waals surface area contributed by atoms with Crippen LogP contribution in [0.1, 0.15) is 34.2 Å². The van der Waals surface area contributed by atoms with Crippen molar-refractivity contribution in [1.29, 1.82) is 0 Å².